The topological polar surface area (TPSA) is 103 Å². The van der Waals surface area contributed by atoms with E-state index in [4.69, 9.17) is 0 Å². The fourth-order valence-electron chi connectivity index (χ4n) is 4.76. The number of sulfone groups is 1. The molecule has 1 aliphatic heterocycles. The zero-order valence-electron chi connectivity index (χ0n) is 16.7. The van der Waals surface area contributed by atoms with E-state index < -0.39 is 20.5 Å². The van der Waals surface area contributed by atoms with Crippen LogP contribution in [-0.4, -0.2) is 38.0 Å². The normalized spacial score (nSPS) is 21.6. The second kappa shape index (κ2) is 6.27. The number of fused-ring (bicyclic) bond motifs is 4. The number of aromatic nitrogens is 1. The standard InChI is InChI=1S/C23H21N3O3S/c1-23(2)17-10-14(19-12-25-7-8-30(19,28)29)4-6-15(17)21(27)20-16-5-3-13(11-24)9-18(16)26-22(20)23/h3-6,9-10,19,25-26H,7-8,12H2,1-2H3. The van der Waals surface area contributed by atoms with E-state index in [1.807, 2.05) is 26.0 Å². The highest BCUT2D eigenvalue weighted by Crippen LogP contribution is 2.44. The summed E-state index contributed by atoms with van der Waals surface area (Å²) in [6, 6.07) is 12.9. The second-order valence-corrected chi connectivity index (χ2v) is 10.9. The van der Waals surface area contributed by atoms with Gasteiger partial charge >= 0.3 is 0 Å². The molecule has 1 aliphatic carbocycles. The summed E-state index contributed by atoms with van der Waals surface area (Å²) < 4.78 is 25.2. The number of nitrogens with one attached hydrogen (secondary N) is 2. The maximum absolute atomic E-state index is 13.4. The summed E-state index contributed by atoms with van der Waals surface area (Å²) in [5, 5.41) is 12.6. The van der Waals surface area contributed by atoms with Crippen LogP contribution >= 0.6 is 0 Å². The van der Waals surface area contributed by atoms with Crippen molar-refractivity contribution in [1.82, 2.24) is 10.3 Å². The van der Waals surface area contributed by atoms with Crippen molar-refractivity contribution in [3.05, 3.63) is 69.9 Å². The Hall–Kier alpha value is -2.95. The number of benzene rings is 2. The van der Waals surface area contributed by atoms with Gasteiger partial charge in [0.2, 0.25) is 0 Å². The summed E-state index contributed by atoms with van der Waals surface area (Å²) in [7, 11) is -3.23. The molecule has 152 valence electrons. The Morgan fingerprint density at radius 3 is 2.70 bits per heavy atom. The fraction of sp³-hybridized carbons (Fsp3) is 0.304. The number of aromatic amines is 1. The Labute approximate surface area is 174 Å². The predicted octanol–water partition coefficient (Wildman–Crippen LogP) is 2.97. The van der Waals surface area contributed by atoms with Crippen LogP contribution in [0.5, 0.6) is 0 Å². The van der Waals surface area contributed by atoms with Crippen LogP contribution in [0.2, 0.25) is 0 Å². The van der Waals surface area contributed by atoms with Crippen molar-refractivity contribution in [1.29, 1.82) is 5.26 Å². The summed E-state index contributed by atoms with van der Waals surface area (Å²) in [4.78, 5) is 16.8. The minimum Gasteiger partial charge on any atom is -0.357 e. The fourth-order valence-corrected chi connectivity index (χ4v) is 6.41. The zero-order chi connectivity index (χ0) is 21.3. The first kappa shape index (κ1) is 19.0. The van der Waals surface area contributed by atoms with Crippen LogP contribution in [0.15, 0.2) is 36.4 Å². The number of hydrogen-bond acceptors (Lipinski definition) is 5. The van der Waals surface area contributed by atoms with Gasteiger partial charge in [-0.2, -0.15) is 5.26 Å². The number of H-pyrrole nitrogens is 1. The van der Waals surface area contributed by atoms with Gasteiger partial charge in [0.1, 0.15) is 0 Å². The molecule has 2 aliphatic rings. The average molecular weight is 420 g/mol. The molecule has 6 nitrogen and oxygen atoms in total. The van der Waals surface area contributed by atoms with Gasteiger partial charge in [-0.15, -0.1) is 0 Å². The van der Waals surface area contributed by atoms with E-state index in [2.05, 4.69) is 16.4 Å². The van der Waals surface area contributed by atoms with E-state index in [9.17, 15) is 18.5 Å². The van der Waals surface area contributed by atoms with Crippen LogP contribution in [0.1, 0.15) is 57.4 Å². The van der Waals surface area contributed by atoms with E-state index in [-0.39, 0.29) is 11.5 Å². The number of rotatable bonds is 1. The number of nitrogens with zero attached hydrogens (tertiary/aromatic N) is 1. The van der Waals surface area contributed by atoms with E-state index >= 15 is 0 Å². The Bertz CT molecular complexity index is 1380. The molecule has 0 radical (unpaired) electrons. The second-order valence-electron chi connectivity index (χ2n) is 8.57. The van der Waals surface area contributed by atoms with Gasteiger partial charge in [0.15, 0.2) is 15.6 Å². The lowest BCUT2D eigenvalue weighted by Gasteiger charge is -2.33. The molecule has 2 N–H and O–H groups in total. The molecule has 0 saturated carbocycles. The molecule has 1 unspecified atom stereocenters. The molecule has 2 heterocycles. The number of ketones is 1. The van der Waals surface area contributed by atoms with Gasteiger partial charge in [0.25, 0.3) is 0 Å². The minimum absolute atomic E-state index is 0.0774. The molecule has 1 saturated heterocycles. The summed E-state index contributed by atoms with van der Waals surface area (Å²) >= 11 is 0. The lowest BCUT2D eigenvalue weighted by molar-refractivity contribution is 0.103. The van der Waals surface area contributed by atoms with Gasteiger partial charge in [-0.1, -0.05) is 38.1 Å². The minimum atomic E-state index is -3.23. The number of nitriles is 1. The highest BCUT2D eigenvalue weighted by molar-refractivity contribution is 7.91. The van der Waals surface area contributed by atoms with Crippen molar-refractivity contribution >= 4 is 26.5 Å². The molecule has 1 atom stereocenters. The molecule has 0 spiro atoms. The highest BCUT2D eigenvalue weighted by Gasteiger charge is 2.41. The third-order valence-electron chi connectivity index (χ3n) is 6.44. The molecule has 30 heavy (non-hydrogen) atoms. The molecule has 0 bridgehead atoms. The Morgan fingerprint density at radius 2 is 1.97 bits per heavy atom. The molecular weight excluding hydrogens is 398 g/mol. The van der Waals surface area contributed by atoms with E-state index in [0.717, 1.165) is 22.2 Å². The molecule has 1 fully saturated rings. The Morgan fingerprint density at radius 1 is 1.17 bits per heavy atom. The molecule has 7 heteroatoms. The monoisotopic (exact) mass is 419 g/mol. The van der Waals surface area contributed by atoms with Crippen molar-refractivity contribution in [2.24, 2.45) is 0 Å². The van der Waals surface area contributed by atoms with Crippen LogP contribution in [0.3, 0.4) is 0 Å². The molecule has 1 aromatic heterocycles. The molecule has 3 aromatic rings. The number of hydrogen-bond donors (Lipinski definition) is 2. The van der Waals surface area contributed by atoms with Gasteiger partial charge in [-0.3, -0.25) is 4.79 Å². The Balaban J connectivity index is 1.71. The van der Waals surface area contributed by atoms with Gasteiger partial charge in [0.05, 0.1) is 28.2 Å². The van der Waals surface area contributed by atoms with Crippen LogP contribution in [-0.2, 0) is 15.3 Å². The molecule has 0 amide bonds. The summed E-state index contributed by atoms with van der Waals surface area (Å²) in [6.45, 7) is 4.92. The number of carbonyl (C=O) groups excluding carboxylic acids is 1. The number of carbonyl (C=O) groups is 1. The highest BCUT2D eigenvalue weighted by atomic mass is 32.2. The van der Waals surface area contributed by atoms with Crippen molar-refractivity contribution < 1.29 is 13.2 Å². The zero-order valence-corrected chi connectivity index (χ0v) is 17.6. The van der Waals surface area contributed by atoms with Crippen molar-refractivity contribution in [3.8, 4) is 6.07 Å². The third-order valence-corrected chi connectivity index (χ3v) is 8.52. The molecule has 5 rings (SSSR count). The molecule has 2 aromatic carbocycles. The first-order valence-corrected chi connectivity index (χ1v) is 11.6. The summed E-state index contributed by atoms with van der Waals surface area (Å²) in [5.74, 6) is 0.0382. The summed E-state index contributed by atoms with van der Waals surface area (Å²) in [6.07, 6.45) is 0. The van der Waals surface area contributed by atoms with E-state index in [1.54, 1.807) is 24.3 Å². The lowest BCUT2D eigenvalue weighted by atomic mass is 9.70. The lowest BCUT2D eigenvalue weighted by Crippen LogP contribution is -2.39. The van der Waals surface area contributed by atoms with Crippen molar-refractivity contribution in [3.63, 3.8) is 0 Å². The van der Waals surface area contributed by atoms with Gasteiger partial charge in [-0.25, -0.2) is 8.42 Å². The van der Waals surface area contributed by atoms with Crippen LogP contribution in [0.25, 0.3) is 10.9 Å². The van der Waals surface area contributed by atoms with Crippen LogP contribution < -0.4 is 5.32 Å². The SMILES string of the molecule is CC1(C)c2cc(C3CNCCS3(=O)=O)ccc2C(=O)c2c1[nH]c1cc(C#N)ccc21. The Kier molecular flexibility index (Phi) is 3.98. The largest absolute Gasteiger partial charge is 0.357 e. The first-order valence-electron chi connectivity index (χ1n) is 9.92. The van der Waals surface area contributed by atoms with Gasteiger partial charge < -0.3 is 10.3 Å². The van der Waals surface area contributed by atoms with Crippen molar-refractivity contribution in [2.45, 2.75) is 24.5 Å². The maximum atomic E-state index is 13.4. The smallest absolute Gasteiger partial charge is 0.195 e. The predicted molar refractivity (Wildman–Crippen MR) is 114 cm³/mol. The van der Waals surface area contributed by atoms with E-state index in [0.29, 0.717) is 35.3 Å². The first-order chi connectivity index (χ1) is 14.2. The molecular formula is C23H21N3O3S. The maximum Gasteiger partial charge on any atom is 0.195 e. The third kappa shape index (κ3) is 2.57. The quantitative estimate of drug-likeness (QED) is 0.631. The van der Waals surface area contributed by atoms with Crippen molar-refractivity contribution in [2.75, 3.05) is 18.8 Å². The van der Waals surface area contributed by atoms with Crippen LogP contribution in [0, 0.1) is 11.3 Å². The van der Waals surface area contributed by atoms with E-state index in [1.165, 1.54) is 0 Å². The van der Waals surface area contributed by atoms with Crippen LogP contribution in [0.4, 0.5) is 0 Å². The van der Waals surface area contributed by atoms with Gasteiger partial charge in [0, 0.05) is 40.7 Å². The summed E-state index contributed by atoms with van der Waals surface area (Å²) in [5.41, 5.74) is 4.33. The van der Waals surface area contributed by atoms with Gasteiger partial charge in [-0.05, 0) is 23.3 Å². The average Bonchev–Trinajstić information content (AvgIpc) is 3.11.